The van der Waals surface area contributed by atoms with Crippen molar-refractivity contribution < 1.29 is 9.53 Å². The smallest absolute Gasteiger partial charge is 0.330 e. The van der Waals surface area contributed by atoms with Crippen LogP contribution < -0.4 is 0 Å². The number of methoxy groups -OCH3 is 1. The van der Waals surface area contributed by atoms with Crippen LogP contribution >= 0.6 is 0 Å². The second-order valence-electron chi connectivity index (χ2n) is 2.08. The first kappa shape index (κ1) is 8.46. The molecule has 0 atom stereocenters. The summed E-state index contributed by atoms with van der Waals surface area (Å²) in [6.45, 7) is 0. The monoisotopic (exact) mass is 162 g/mol. The standard InChI is InChI=1S/C9H8NO2/c1-12-9(11)5-4-8-3-2-6-10-7-8/h2-5,7H,1H3. The normalized spacial score (nSPS) is 10.1. The molecule has 0 aliphatic rings. The Labute approximate surface area is 70.7 Å². The molecule has 0 saturated heterocycles. The van der Waals surface area contributed by atoms with Crippen LogP contribution in [-0.4, -0.2) is 18.1 Å². The molecule has 12 heavy (non-hydrogen) atoms. The first-order valence-corrected chi connectivity index (χ1v) is 3.41. The van der Waals surface area contributed by atoms with E-state index in [0.717, 1.165) is 5.56 Å². The Morgan fingerprint density at radius 2 is 2.58 bits per heavy atom. The van der Waals surface area contributed by atoms with E-state index in [9.17, 15) is 4.79 Å². The molecule has 0 fully saturated rings. The van der Waals surface area contributed by atoms with Crippen LogP contribution in [-0.2, 0) is 9.53 Å². The van der Waals surface area contributed by atoms with E-state index < -0.39 is 0 Å². The van der Waals surface area contributed by atoms with E-state index in [1.807, 2.05) is 0 Å². The minimum Gasteiger partial charge on any atom is -0.466 e. The van der Waals surface area contributed by atoms with Gasteiger partial charge < -0.3 is 4.74 Å². The van der Waals surface area contributed by atoms with Gasteiger partial charge in [0, 0.05) is 12.3 Å². The number of nitrogens with zero attached hydrogens (tertiary/aromatic N) is 1. The summed E-state index contributed by atoms with van der Waals surface area (Å²) in [4.78, 5) is 14.4. The van der Waals surface area contributed by atoms with Crippen molar-refractivity contribution in [2.45, 2.75) is 0 Å². The molecule has 0 N–H and O–H groups in total. The summed E-state index contributed by atoms with van der Waals surface area (Å²) in [5.41, 5.74) is 0.846. The molecule has 0 spiro atoms. The minimum atomic E-state index is -0.372. The third-order valence-electron chi connectivity index (χ3n) is 1.25. The number of carbonyl (C=O) groups excluding carboxylic acids is 1. The SMILES string of the molecule is COC(=O)C=Cc1cc[c]nc1. The van der Waals surface area contributed by atoms with Crippen LogP contribution in [0.4, 0.5) is 0 Å². The van der Waals surface area contributed by atoms with Crippen molar-refractivity contribution in [3.05, 3.63) is 36.2 Å². The van der Waals surface area contributed by atoms with Gasteiger partial charge >= 0.3 is 5.97 Å². The largest absolute Gasteiger partial charge is 0.466 e. The molecule has 1 radical (unpaired) electrons. The van der Waals surface area contributed by atoms with Gasteiger partial charge in [-0.2, -0.15) is 0 Å². The summed E-state index contributed by atoms with van der Waals surface area (Å²) in [6.07, 6.45) is 7.22. The summed E-state index contributed by atoms with van der Waals surface area (Å²) in [5, 5.41) is 0. The zero-order chi connectivity index (χ0) is 8.81. The van der Waals surface area contributed by atoms with E-state index in [1.54, 1.807) is 24.4 Å². The molecule has 1 aromatic heterocycles. The molecule has 0 aliphatic heterocycles. The van der Waals surface area contributed by atoms with E-state index in [1.165, 1.54) is 13.2 Å². The van der Waals surface area contributed by atoms with Gasteiger partial charge in [-0.15, -0.1) is 0 Å². The van der Waals surface area contributed by atoms with Crippen molar-refractivity contribution in [1.82, 2.24) is 4.98 Å². The lowest BCUT2D eigenvalue weighted by molar-refractivity contribution is -0.134. The quantitative estimate of drug-likeness (QED) is 0.482. The Balaban J connectivity index is 2.64. The van der Waals surface area contributed by atoms with Gasteiger partial charge in [0.25, 0.3) is 0 Å². The molecule has 0 amide bonds. The molecule has 3 nitrogen and oxygen atoms in total. The van der Waals surface area contributed by atoms with Crippen molar-refractivity contribution in [3.8, 4) is 0 Å². The number of rotatable bonds is 2. The van der Waals surface area contributed by atoms with Gasteiger partial charge in [-0.1, -0.05) is 6.07 Å². The molecule has 1 heterocycles. The zero-order valence-corrected chi connectivity index (χ0v) is 6.65. The Morgan fingerprint density at radius 1 is 1.75 bits per heavy atom. The van der Waals surface area contributed by atoms with E-state index in [-0.39, 0.29) is 5.97 Å². The van der Waals surface area contributed by atoms with Gasteiger partial charge in [0.2, 0.25) is 0 Å². The Kier molecular flexibility index (Phi) is 3.02. The summed E-state index contributed by atoms with van der Waals surface area (Å²) >= 11 is 0. The van der Waals surface area contributed by atoms with Crippen LogP contribution in [0.15, 0.2) is 24.4 Å². The second kappa shape index (κ2) is 4.28. The van der Waals surface area contributed by atoms with E-state index in [0.29, 0.717) is 0 Å². The maximum atomic E-state index is 10.6. The first-order valence-electron chi connectivity index (χ1n) is 3.41. The number of ether oxygens (including phenoxy) is 1. The highest BCUT2D eigenvalue weighted by atomic mass is 16.5. The third kappa shape index (κ3) is 2.54. The van der Waals surface area contributed by atoms with Crippen LogP contribution in [0, 0.1) is 6.20 Å². The molecule has 0 aromatic carbocycles. The van der Waals surface area contributed by atoms with Crippen LogP contribution in [0.25, 0.3) is 6.08 Å². The van der Waals surface area contributed by atoms with Crippen LogP contribution in [0.5, 0.6) is 0 Å². The number of hydrogen-bond acceptors (Lipinski definition) is 3. The molecule has 0 unspecified atom stereocenters. The number of aromatic nitrogens is 1. The van der Waals surface area contributed by atoms with E-state index in [4.69, 9.17) is 0 Å². The van der Waals surface area contributed by atoms with Crippen molar-refractivity contribution >= 4 is 12.0 Å². The van der Waals surface area contributed by atoms with E-state index >= 15 is 0 Å². The molecule has 61 valence electrons. The topological polar surface area (TPSA) is 39.2 Å². The molecule has 0 bridgehead atoms. The number of esters is 1. The van der Waals surface area contributed by atoms with Gasteiger partial charge in [0.1, 0.15) is 0 Å². The fourth-order valence-electron chi connectivity index (χ4n) is 0.662. The predicted molar refractivity (Wildman–Crippen MR) is 44.1 cm³/mol. The molecular weight excluding hydrogens is 154 g/mol. The number of pyridine rings is 1. The minimum absolute atomic E-state index is 0.372. The second-order valence-corrected chi connectivity index (χ2v) is 2.08. The molecule has 0 saturated carbocycles. The van der Waals surface area contributed by atoms with Crippen molar-refractivity contribution in [1.29, 1.82) is 0 Å². The Bertz CT molecular complexity index is 280. The summed E-state index contributed by atoms with van der Waals surface area (Å²) in [6, 6.07) is 3.48. The maximum Gasteiger partial charge on any atom is 0.330 e. The van der Waals surface area contributed by atoms with Gasteiger partial charge in [0.15, 0.2) is 0 Å². The van der Waals surface area contributed by atoms with E-state index in [2.05, 4.69) is 15.9 Å². The Morgan fingerprint density at radius 3 is 3.17 bits per heavy atom. The van der Waals surface area contributed by atoms with Gasteiger partial charge in [-0.3, -0.25) is 4.98 Å². The summed E-state index contributed by atoms with van der Waals surface area (Å²) in [5.74, 6) is -0.372. The first-order chi connectivity index (χ1) is 5.83. The fourth-order valence-corrected chi connectivity index (χ4v) is 0.662. The van der Waals surface area contributed by atoms with Crippen LogP contribution in [0.1, 0.15) is 5.56 Å². The lowest BCUT2D eigenvalue weighted by Crippen LogP contribution is -1.93. The summed E-state index contributed by atoms with van der Waals surface area (Å²) in [7, 11) is 1.34. The van der Waals surface area contributed by atoms with Crippen molar-refractivity contribution in [2.24, 2.45) is 0 Å². The molecule has 3 heteroatoms. The summed E-state index contributed by atoms with van der Waals surface area (Å²) < 4.78 is 4.42. The van der Waals surface area contributed by atoms with Crippen LogP contribution in [0.3, 0.4) is 0 Å². The third-order valence-corrected chi connectivity index (χ3v) is 1.25. The maximum absolute atomic E-state index is 10.6. The zero-order valence-electron chi connectivity index (χ0n) is 6.65. The highest BCUT2D eigenvalue weighted by molar-refractivity contribution is 5.86. The predicted octanol–water partition coefficient (Wildman–Crippen LogP) is 1.07. The Hall–Kier alpha value is -1.64. The highest BCUT2D eigenvalue weighted by Crippen LogP contribution is 1.97. The fraction of sp³-hybridized carbons (Fsp3) is 0.111. The van der Waals surface area contributed by atoms with Crippen LogP contribution in [0.2, 0.25) is 0 Å². The molecule has 0 aliphatic carbocycles. The molecule has 1 rings (SSSR count). The highest BCUT2D eigenvalue weighted by Gasteiger charge is 1.90. The number of hydrogen-bond donors (Lipinski definition) is 0. The average Bonchev–Trinajstić information content (AvgIpc) is 2.16. The van der Waals surface area contributed by atoms with Gasteiger partial charge in [-0.25, -0.2) is 4.79 Å². The molecule has 1 aromatic rings. The number of carbonyl (C=O) groups is 1. The van der Waals surface area contributed by atoms with Crippen molar-refractivity contribution in [2.75, 3.05) is 7.11 Å². The lowest BCUT2D eigenvalue weighted by atomic mass is 10.3. The molecular formula is C9H8NO2. The van der Waals surface area contributed by atoms with Gasteiger partial charge in [0.05, 0.1) is 13.3 Å². The van der Waals surface area contributed by atoms with Crippen molar-refractivity contribution in [3.63, 3.8) is 0 Å². The van der Waals surface area contributed by atoms with Gasteiger partial charge in [-0.05, 0) is 17.7 Å². The average molecular weight is 162 g/mol. The lowest BCUT2D eigenvalue weighted by Gasteiger charge is -1.90.